The van der Waals surface area contributed by atoms with Gasteiger partial charge in [-0.1, -0.05) is 214 Å². The number of carbonyl (C=O) groups is 2. The van der Waals surface area contributed by atoms with Crippen LogP contribution >= 0.6 is 0 Å². The summed E-state index contributed by atoms with van der Waals surface area (Å²) < 4.78 is 0. The van der Waals surface area contributed by atoms with Gasteiger partial charge in [-0.2, -0.15) is 0 Å². The van der Waals surface area contributed by atoms with Gasteiger partial charge < -0.3 is 15.7 Å². The van der Waals surface area contributed by atoms with Gasteiger partial charge in [0.05, 0.1) is 6.61 Å². The molecule has 0 aromatic heterocycles. The summed E-state index contributed by atoms with van der Waals surface area (Å²) in [6.07, 6.45) is 51.6. The van der Waals surface area contributed by atoms with E-state index in [1.165, 1.54) is 212 Å². The number of rotatable bonds is 50. The average molecular weight is 918 g/mol. The van der Waals surface area contributed by atoms with E-state index in [4.69, 9.17) is 0 Å². The monoisotopic (exact) mass is 917 g/mol. The zero-order valence-electron chi connectivity index (χ0n) is 44.5. The van der Waals surface area contributed by atoms with Crippen LogP contribution in [0, 0.1) is 11.8 Å². The lowest BCUT2D eigenvalue weighted by Crippen LogP contribution is -2.43. The van der Waals surface area contributed by atoms with Crippen LogP contribution in [-0.4, -0.2) is 85.2 Å². The first-order chi connectivity index (χ1) is 32.0. The van der Waals surface area contributed by atoms with E-state index >= 15 is 0 Å². The Kier molecular flexibility index (Phi) is 45.5. The maximum atomic E-state index is 13.0. The Morgan fingerprint density at radius 2 is 0.800 bits per heavy atom. The molecule has 0 radical (unpaired) electrons. The van der Waals surface area contributed by atoms with Crippen molar-refractivity contribution in [3.05, 3.63) is 0 Å². The van der Waals surface area contributed by atoms with Gasteiger partial charge in [0.1, 0.15) is 0 Å². The average Bonchev–Trinajstić information content (AvgIpc) is 3.32. The third kappa shape index (κ3) is 39.4. The molecule has 0 bridgehead atoms. The van der Waals surface area contributed by atoms with Crippen LogP contribution in [0.3, 0.4) is 0 Å². The van der Waals surface area contributed by atoms with E-state index in [0.717, 1.165) is 84.3 Å². The van der Waals surface area contributed by atoms with Crippen LogP contribution in [0.5, 0.6) is 0 Å². The molecule has 0 atom stereocenters. The molecule has 7 heteroatoms. The minimum absolute atomic E-state index is 0.200. The summed E-state index contributed by atoms with van der Waals surface area (Å²) in [7, 11) is 0. The number of unbranched alkanes of at least 4 members (excludes halogenated alkanes) is 24. The van der Waals surface area contributed by atoms with Crippen molar-refractivity contribution in [3.63, 3.8) is 0 Å². The van der Waals surface area contributed by atoms with Crippen LogP contribution in [0.2, 0.25) is 0 Å². The normalized spacial score (nSPS) is 13.6. The molecule has 7 nitrogen and oxygen atoms in total. The number of carbonyl (C=O) groups excluding carboxylic acids is 2. The molecular weight excluding hydrogens is 801 g/mol. The first-order valence-electron chi connectivity index (χ1n) is 29.6. The molecule has 1 aliphatic rings. The first-order valence-corrected chi connectivity index (χ1v) is 29.6. The standard InChI is InChI=1S/C58H116N4O3/c1-5-9-13-17-21-28-38-54(39-29-22-18-14-10-6-2)52-59-57(64)44-34-26-36-46-61(50-51-63)48-49-62(56-42-32-25-33-43-56)47-37-27-35-45-58(65)60-53-55(40-30-23-19-15-11-7-3)41-31-24-20-16-12-8-4/h54-56,63H,5-53H2,1-4H3,(H,59,64)(H,60,65). The van der Waals surface area contributed by atoms with Crippen LogP contribution in [0.4, 0.5) is 0 Å². The number of amides is 2. The van der Waals surface area contributed by atoms with Crippen molar-refractivity contribution < 1.29 is 14.7 Å². The molecule has 0 aromatic carbocycles. The fraction of sp³-hybridized carbons (Fsp3) is 0.966. The maximum Gasteiger partial charge on any atom is 0.220 e. The highest BCUT2D eigenvalue weighted by Crippen LogP contribution is 2.24. The Bertz CT molecular complexity index is 973. The van der Waals surface area contributed by atoms with Crippen molar-refractivity contribution in [3.8, 4) is 0 Å². The molecule has 1 fully saturated rings. The molecule has 0 spiro atoms. The molecule has 0 aliphatic heterocycles. The van der Waals surface area contributed by atoms with E-state index in [1.807, 2.05) is 0 Å². The summed E-state index contributed by atoms with van der Waals surface area (Å²) in [5.74, 6) is 1.77. The van der Waals surface area contributed by atoms with Gasteiger partial charge in [0.25, 0.3) is 0 Å². The predicted octanol–water partition coefficient (Wildman–Crippen LogP) is 15.5. The molecule has 0 saturated heterocycles. The van der Waals surface area contributed by atoms with Gasteiger partial charge in [-0.3, -0.25) is 19.4 Å². The van der Waals surface area contributed by atoms with Crippen molar-refractivity contribution in [2.24, 2.45) is 11.8 Å². The minimum atomic E-state index is 0.200. The van der Waals surface area contributed by atoms with Gasteiger partial charge in [0.2, 0.25) is 11.8 Å². The molecular formula is C58H116N4O3. The molecule has 3 N–H and O–H groups in total. The van der Waals surface area contributed by atoms with Crippen LogP contribution in [-0.2, 0) is 9.59 Å². The summed E-state index contributed by atoms with van der Waals surface area (Å²) in [6.45, 7) is 16.0. The molecule has 1 aliphatic carbocycles. The summed E-state index contributed by atoms with van der Waals surface area (Å²) in [6, 6.07) is 0.674. The highest BCUT2D eigenvalue weighted by molar-refractivity contribution is 5.76. The van der Waals surface area contributed by atoms with Crippen molar-refractivity contribution in [1.29, 1.82) is 0 Å². The van der Waals surface area contributed by atoms with Crippen molar-refractivity contribution in [2.75, 3.05) is 52.4 Å². The van der Waals surface area contributed by atoms with Gasteiger partial charge in [-0.15, -0.1) is 0 Å². The summed E-state index contributed by atoms with van der Waals surface area (Å²) in [5.41, 5.74) is 0. The van der Waals surface area contributed by atoms with E-state index in [2.05, 4.69) is 48.1 Å². The lowest BCUT2D eigenvalue weighted by atomic mass is 9.93. The van der Waals surface area contributed by atoms with Gasteiger partial charge in [-0.05, 0) is 89.1 Å². The van der Waals surface area contributed by atoms with Crippen molar-refractivity contribution in [2.45, 2.75) is 297 Å². The zero-order valence-corrected chi connectivity index (χ0v) is 44.5. The van der Waals surface area contributed by atoms with E-state index in [9.17, 15) is 14.7 Å². The van der Waals surface area contributed by atoms with Gasteiger partial charge in [0, 0.05) is 51.6 Å². The highest BCUT2D eigenvalue weighted by atomic mass is 16.3. The second kappa shape index (κ2) is 47.9. The molecule has 65 heavy (non-hydrogen) atoms. The van der Waals surface area contributed by atoms with Crippen molar-refractivity contribution in [1.82, 2.24) is 20.4 Å². The van der Waals surface area contributed by atoms with Crippen LogP contribution in [0.25, 0.3) is 0 Å². The Hall–Kier alpha value is -1.18. The third-order valence-electron chi connectivity index (χ3n) is 15.0. The minimum Gasteiger partial charge on any atom is -0.395 e. The topological polar surface area (TPSA) is 84.9 Å². The molecule has 2 amide bonds. The SMILES string of the molecule is CCCCCCCCC(CCCCCCCC)CNC(=O)CCCCCN(CCO)CCN(CCCCCC(=O)NCC(CCCCCCCC)CCCCCCCC)C1CCCCC1. The molecule has 0 heterocycles. The maximum absolute atomic E-state index is 13.0. The predicted molar refractivity (Wildman–Crippen MR) is 284 cm³/mol. The Morgan fingerprint density at radius 3 is 1.20 bits per heavy atom. The second-order valence-electron chi connectivity index (χ2n) is 21.1. The number of hydrogen-bond donors (Lipinski definition) is 3. The second-order valence-corrected chi connectivity index (χ2v) is 21.1. The Balaban J connectivity index is 2.45. The molecule has 0 unspecified atom stereocenters. The van der Waals surface area contributed by atoms with Crippen LogP contribution in [0.15, 0.2) is 0 Å². The van der Waals surface area contributed by atoms with E-state index in [-0.39, 0.29) is 18.4 Å². The van der Waals surface area contributed by atoms with E-state index < -0.39 is 0 Å². The fourth-order valence-electron chi connectivity index (χ4n) is 10.5. The fourth-order valence-corrected chi connectivity index (χ4v) is 10.5. The summed E-state index contributed by atoms with van der Waals surface area (Å²) in [4.78, 5) is 31.2. The molecule has 1 rings (SSSR count). The Morgan fingerprint density at radius 1 is 0.431 bits per heavy atom. The molecule has 386 valence electrons. The Labute approximate surface area is 406 Å². The van der Waals surface area contributed by atoms with Crippen LogP contribution in [0.1, 0.15) is 291 Å². The number of aliphatic hydroxyl groups excluding tert-OH is 1. The number of nitrogens with one attached hydrogen (secondary N) is 2. The number of nitrogens with zero attached hydrogens (tertiary/aromatic N) is 2. The van der Waals surface area contributed by atoms with Gasteiger partial charge in [0.15, 0.2) is 0 Å². The van der Waals surface area contributed by atoms with Gasteiger partial charge in [-0.25, -0.2) is 0 Å². The lowest BCUT2D eigenvalue weighted by molar-refractivity contribution is -0.122. The third-order valence-corrected chi connectivity index (χ3v) is 15.0. The number of hydrogen-bond acceptors (Lipinski definition) is 5. The zero-order chi connectivity index (χ0) is 47.1. The van der Waals surface area contributed by atoms with Crippen LogP contribution < -0.4 is 10.6 Å². The lowest BCUT2D eigenvalue weighted by Gasteiger charge is -2.36. The van der Waals surface area contributed by atoms with E-state index in [0.29, 0.717) is 30.7 Å². The summed E-state index contributed by atoms with van der Waals surface area (Å²) >= 11 is 0. The summed E-state index contributed by atoms with van der Waals surface area (Å²) in [5, 5.41) is 16.7. The quantitative estimate of drug-likeness (QED) is 0.0530. The number of aliphatic hydroxyl groups is 1. The highest BCUT2D eigenvalue weighted by Gasteiger charge is 2.22. The van der Waals surface area contributed by atoms with E-state index in [1.54, 1.807) is 0 Å². The van der Waals surface area contributed by atoms with Crippen molar-refractivity contribution >= 4 is 11.8 Å². The van der Waals surface area contributed by atoms with Gasteiger partial charge >= 0.3 is 0 Å². The molecule has 1 saturated carbocycles. The first kappa shape index (κ1) is 61.8. The largest absolute Gasteiger partial charge is 0.395 e. The molecule has 0 aromatic rings. The smallest absolute Gasteiger partial charge is 0.220 e.